The van der Waals surface area contributed by atoms with Crippen LogP contribution in [0.5, 0.6) is 0 Å². The molecule has 1 saturated heterocycles. The molecule has 1 fully saturated rings. The summed E-state index contributed by atoms with van der Waals surface area (Å²) in [6.07, 6.45) is -2.81. The number of carbonyl (C=O) groups excluding carboxylic acids is 1. The van der Waals surface area contributed by atoms with Crippen LogP contribution in [-0.4, -0.2) is 71.2 Å². The predicted molar refractivity (Wildman–Crippen MR) is 84.4 cm³/mol. The van der Waals surface area contributed by atoms with Gasteiger partial charge in [-0.3, -0.25) is 14.7 Å². The van der Waals surface area contributed by atoms with Crippen LogP contribution in [0.25, 0.3) is 11.2 Å². The molecule has 11 heteroatoms. The Labute approximate surface area is 140 Å². The van der Waals surface area contributed by atoms with Crippen LogP contribution in [0.2, 0.25) is 0 Å². The van der Waals surface area contributed by atoms with Crippen LogP contribution in [0.15, 0.2) is 17.1 Å². The molecule has 3 rings (SSSR count). The number of imidazole rings is 1. The highest BCUT2D eigenvalue weighted by atomic mass is 19.4. The molecule has 0 bridgehead atoms. The first-order valence-corrected chi connectivity index (χ1v) is 7.69. The second-order valence-corrected chi connectivity index (χ2v) is 5.79. The number of nitrogens with zero attached hydrogens (tertiary/aromatic N) is 3. The van der Waals surface area contributed by atoms with E-state index in [4.69, 9.17) is 0 Å². The Morgan fingerprint density at radius 1 is 1.24 bits per heavy atom. The lowest BCUT2D eigenvalue weighted by molar-refractivity contribution is -0.139. The van der Waals surface area contributed by atoms with Crippen molar-refractivity contribution in [1.82, 2.24) is 25.2 Å². The van der Waals surface area contributed by atoms with Gasteiger partial charge in [-0.05, 0) is 6.07 Å². The van der Waals surface area contributed by atoms with Crippen molar-refractivity contribution >= 4 is 22.8 Å². The third-order valence-electron chi connectivity index (χ3n) is 3.97. The van der Waals surface area contributed by atoms with Crippen molar-refractivity contribution in [2.75, 3.05) is 44.2 Å². The van der Waals surface area contributed by atoms with Crippen molar-refractivity contribution in [1.29, 1.82) is 0 Å². The zero-order valence-electron chi connectivity index (χ0n) is 13.2. The number of anilines is 1. The number of piperazine rings is 1. The zero-order chi connectivity index (χ0) is 18.0. The van der Waals surface area contributed by atoms with Gasteiger partial charge in [0.2, 0.25) is 5.91 Å². The lowest BCUT2D eigenvalue weighted by Crippen LogP contribution is -2.50. The fraction of sp³-hybridized carbons (Fsp3) is 0.500. The molecule has 0 atom stereocenters. The Morgan fingerprint density at radius 2 is 1.96 bits per heavy atom. The molecular weight excluding hydrogens is 341 g/mol. The van der Waals surface area contributed by atoms with Crippen LogP contribution in [0.4, 0.5) is 18.9 Å². The van der Waals surface area contributed by atoms with E-state index in [1.807, 2.05) is 10.2 Å². The van der Waals surface area contributed by atoms with Crippen molar-refractivity contribution < 1.29 is 18.0 Å². The maximum atomic E-state index is 12.1. The zero-order valence-corrected chi connectivity index (χ0v) is 13.2. The number of hydrogen-bond acceptors (Lipinski definition) is 5. The molecule has 25 heavy (non-hydrogen) atoms. The van der Waals surface area contributed by atoms with Gasteiger partial charge in [-0.1, -0.05) is 0 Å². The number of rotatable bonds is 4. The van der Waals surface area contributed by atoms with E-state index in [0.717, 1.165) is 5.69 Å². The van der Waals surface area contributed by atoms with Crippen molar-refractivity contribution in [3.05, 3.63) is 22.7 Å². The summed E-state index contributed by atoms with van der Waals surface area (Å²) in [6.45, 7) is 0.825. The highest BCUT2D eigenvalue weighted by Gasteiger charge is 2.28. The van der Waals surface area contributed by atoms with Gasteiger partial charge in [0, 0.05) is 32.4 Å². The number of alkyl halides is 3. The highest BCUT2D eigenvalue weighted by molar-refractivity contribution is 5.85. The first kappa shape index (κ1) is 17.3. The summed E-state index contributed by atoms with van der Waals surface area (Å²) in [7, 11) is 0. The second-order valence-electron chi connectivity index (χ2n) is 5.79. The number of aromatic nitrogens is 3. The summed E-state index contributed by atoms with van der Waals surface area (Å²) in [5.74, 6) is -0.646. The summed E-state index contributed by atoms with van der Waals surface area (Å²) in [6, 6.07) is 1.79. The van der Waals surface area contributed by atoms with Gasteiger partial charge in [0.25, 0.3) is 0 Å². The van der Waals surface area contributed by atoms with Crippen molar-refractivity contribution in [3.63, 3.8) is 0 Å². The predicted octanol–water partition coefficient (Wildman–Crippen LogP) is 0.0517. The summed E-state index contributed by atoms with van der Waals surface area (Å²) < 4.78 is 36.3. The van der Waals surface area contributed by atoms with Gasteiger partial charge < -0.3 is 15.2 Å². The maximum absolute atomic E-state index is 12.1. The minimum absolute atomic E-state index is 0.0728. The average Bonchev–Trinajstić information content (AvgIpc) is 2.93. The van der Waals surface area contributed by atoms with E-state index in [2.05, 4.69) is 15.0 Å². The van der Waals surface area contributed by atoms with Crippen LogP contribution < -0.4 is 15.9 Å². The van der Waals surface area contributed by atoms with Crippen molar-refractivity contribution in [3.8, 4) is 0 Å². The van der Waals surface area contributed by atoms with Gasteiger partial charge in [0.15, 0.2) is 5.65 Å². The standard InChI is InChI=1S/C14H17F3N6O2/c15-14(16,17)8-19-10(24)7-22-3-5-23(6-4-22)9-1-2-18-12-11(9)20-13(25)21-12/h1-2H,3-8H2,(H,19,24)(H2,18,20,21,25). The molecule has 1 aliphatic rings. The van der Waals surface area contributed by atoms with Gasteiger partial charge in [0.05, 0.1) is 12.2 Å². The lowest BCUT2D eigenvalue weighted by Gasteiger charge is -2.35. The molecule has 2 aromatic rings. The smallest absolute Gasteiger partial charge is 0.367 e. The van der Waals surface area contributed by atoms with Crippen molar-refractivity contribution in [2.24, 2.45) is 0 Å². The van der Waals surface area contributed by atoms with E-state index >= 15 is 0 Å². The number of halogens is 3. The fourth-order valence-corrected chi connectivity index (χ4v) is 2.79. The Morgan fingerprint density at radius 3 is 2.64 bits per heavy atom. The average molecular weight is 358 g/mol. The number of amides is 1. The molecule has 0 aromatic carbocycles. The van der Waals surface area contributed by atoms with E-state index in [9.17, 15) is 22.8 Å². The molecule has 1 amide bonds. The van der Waals surface area contributed by atoms with Crippen LogP contribution in [0, 0.1) is 0 Å². The van der Waals surface area contributed by atoms with Gasteiger partial charge in [-0.15, -0.1) is 0 Å². The highest BCUT2D eigenvalue weighted by Crippen LogP contribution is 2.22. The van der Waals surface area contributed by atoms with Gasteiger partial charge in [0.1, 0.15) is 12.1 Å². The third kappa shape index (κ3) is 4.29. The molecule has 3 heterocycles. The lowest BCUT2D eigenvalue weighted by atomic mass is 10.2. The molecule has 0 spiro atoms. The Hall–Kier alpha value is -2.56. The fourth-order valence-electron chi connectivity index (χ4n) is 2.79. The molecular formula is C14H17F3N6O2. The van der Waals surface area contributed by atoms with E-state index in [1.54, 1.807) is 17.2 Å². The molecule has 136 valence electrons. The largest absolute Gasteiger partial charge is 0.405 e. The van der Waals surface area contributed by atoms with Crippen LogP contribution in [0.1, 0.15) is 0 Å². The second kappa shape index (κ2) is 6.75. The SMILES string of the molecule is O=C(CN1CCN(c2ccnc3[nH]c(=O)[nH]c23)CC1)NCC(F)(F)F. The molecule has 8 nitrogen and oxygen atoms in total. The first-order chi connectivity index (χ1) is 11.8. The first-order valence-electron chi connectivity index (χ1n) is 7.69. The van der Waals surface area contributed by atoms with Crippen molar-refractivity contribution in [2.45, 2.75) is 6.18 Å². The molecule has 0 aliphatic carbocycles. The Kier molecular flexibility index (Phi) is 4.66. The topological polar surface area (TPSA) is 97.1 Å². The van der Waals surface area contributed by atoms with Gasteiger partial charge >= 0.3 is 11.9 Å². The third-order valence-corrected chi connectivity index (χ3v) is 3.97. The van der Waals surface area contributed by atoms with Crippen LogP contribution >= 0.6 is 0 Å². The molecule has 0 unspecified atom stereocenters. The maximum Gasteiger partial charge on any atom is 0.405 e. The number of fused-ring (bicyclic) bond motifs is 1. The van der Waals surface area contributed by atoms with Gasteiger partial charge in [-0.2, -0.15) is 13.2 Å². The number of pyridine rings is 1. The summed E-state index contributed by atoms with van der Waals surface area (Å²) in [4.78, 5) is 36.2. The van der Waals surface area contributed by atoms with Crippen LogP contribution in [0.3, 0.4) is 0 Å². The summed E-state index contributed by atoms with van der Waals surface area (Å²) in [5, 5.41) is 1.87. The van der Waals surface area contributed by atoms with E-state index in [1.165, 1.54) is 0 Å². The Bertz CT molecular complexity index is 807. The monoisotopic (exact) mass is 358 g/mol. The molecule has 0 saturated carbocycles. The van der Waals surface area contributed by atoms with E-state index in [-0.39, 0.29) is 12.2 Å². The van der Waals surface area contributed by atoms with Gasteiger partial charge in [-0.25, -0.2) is 9.78 Å². The van der Waals surface area contributed by atoms with Crippen LogP contribution in [-0.2, 0) is 4.79 Å². The summed E-state index contributed by atoms with van der Waals surface area (Å²) >= 11 is 0. The molecule has 3 N–H and O–H groups in total. The minimum atomic E-state index is -4.41. The molecule has 0 radical (unpaired) electrons. The minimum Gasteiger partial charge on any atom is -0.367 e. The number of hydrogen-bond donors (Lipinski definition) is 3. The normalized spacial score (nSPS) is 16.4. The molecule has 1 aliphatic heterocycles. The van der Waals surface area contributed by atoms with E-state index in [0.29, 0.717) is 37.3 Å². The number of H-pyrrole nitrogens is 2. The number of aromatic amines is 2. The Balaban J connectivity index is 1.56. The number of nitrogens with one attached hydrogen (secondary N) is 3. The molecule has 2 aromatic heterocycles. The van der Waals surface area contributed by atoms with E-state index < -0.39 is 18.6 Å². The quantitative estimate of drug-likeness (QED) is 0.718. The number of carbonyl (C=O) groups is 1. The summed E-state index contributed by atoms with van der Waals surface area (Å²) in [5.41, 5.74) is 1.57.